The third kappa shape index (κ3) is 5.55. The summed E-state index contributed by atoms with van der Waals surface area (Å²) in [5.41, 5.74) is 5.21. The fourth-order valence-corrected chi connectivity index (χ4v) is 12.9. The van der Waals surface area contributed by atoms with Crippen molar-refractivity contribution in [2.75, 3.05) is 0 Å². The molecule has 0 spiro atoms. The Labute approximate surface area is 271 Å². The van der Waals surface area contributed by atoms with E-state index in [1.165, 1.54) is 0 Å². The molecule has 1 unspecified atom stereocenters. The largest absolute Gasteiger partial charge is 0.543 e. The number of imidazole rings is 1. The molecule has 2 heterocycles. The topological polar surface area (TPSA) is 60.2 Å². The maximum Gasteiger partial charge on any atom is 0.258 e. The standard InChI is InChI=1S/C37H44BrN3O2Si/c1-9-27-19-30(15-16-34(27)38)37(42,35-22-39-23-41(35)8)31-14-13-28-17-18-40-36(33(28)21-31)29-11-10-12-32(20-29)43-44(24(2)3,25(4)5)26(6)7/h10-26,42H,9H2,1-8H3. The summed E-state index contributed by atoms with van der Waals surface area (Å²) in [5.74, 6) is 0.897. The van der Waals surface area contributed by atoms with Crippen LogP contribution >= 0.6 is 15.9 Å². The third-order valence-corrected chi connectivity index (χ3v) is 16.1. The van der Waals surface area contributed by atoms with Crippen LogP contribution in [0.2, 0.25) is 16.6 Å². The summed E-state index contributed by atoms with van der Waals surface area (Å²) in [6, 6.07) is 22.7. The van der Waals surface area contributed by atoms with Crippen molar-refractivity contribution >= 4 is 35.0 Å². The molecule has 0 amide bonds. The molecule has 1 N–H and O–H groups in total. The predicted molar refractivity (Wildman–Crippen MR) is 188 cm³/mol. The molecule has 1 atom stereocenters. The monoisotopic (exact) mass is 669 g/mol. The minimum Gasteiger partial charge on any atom is -0.543 e. The van der Waals surface area contributed by atoms with Crippen LogP contribution in [-0.4, -0.2) is 28.0 Å². The number of benzene rings is 3. The Balaban J connectivity index is 1.68. The summed E-state index contributed by atoms with van der Waals surface area (Å²) >= 11 is 3.68. The van der Waals surface area contributed by atoms with E-state index in [-0.39, 0.29) is 0 Å². The van der Waals surface area contributed by atoms with Crippen molar-refractivity contribution in [3.05, 3.63) is 112 Å². The maximum atomic E-state index is 12.7. The van der Waals surface area contributed by atoms with Crippen LogP contribution in [0.25, 0.3) is 22.0 Å². The van der Waals surface area contributed by atoms with Gasteiger partial charge >= 0.3 is 0 Å². The first-order valence-electron chi connectivity index (χ1n) is 15.6. The number of nitrogens with zero attached hydrogens (tertiary/aromatic N) is 3. The van der Waals surface area contributed by atoms with Crippen LogP contribution in [-0.2, 0) is 19.1 Å². The van der Waals surface area contributed by atoms with E-state index < -0.39 is 13.9 Å². The highest BCUT2D eigenvalue weighted by Gasteiger charge is 2.47. The average Bonchev–Trinajstić information content (AvgIpc) is 3.44. The highest BCUT2D eigenvalue weighted by molar-refractivity contribution is 9.10. The molecular weight excluding hydrogens is 626 g/mol. The SMILES string of the molecule is CCc1cc(C(O)(c2ccc3ccnc(-c4cccc(O[Si](C(C)C)(C(C)C)C(C)C)c4)c3c2)c2cncn2C)ccc1Br. The number of aromatic nitrogens is 3. The van der Waals surface area contributed by atoms with E-state index in [1.54, 1.807) is 12.5 Å². The molecule has 0 aliphatic heterocycles. The van der Waals surface area contributed by atoms with E-state index in [0.717, 1.165) is 55.4 Å². The van der Waals surface area contributed by atoms with Gasteiger partial charge in [-0.3, -0.25) is 4.98 Å². The Kier molecular flexibility index (Phi) is 9.22. The van der Waals surface area contributed by atoms with E-state index in [9.17, 15) is 5.11 Å². The van der Waals surface area contributed by atoms with Gasteiger partial charge in [-0.25, -0.2) is 4.98 Å². The predicted octanol–water partition coefficient (Wildman–Crippen LogP) is 9.80. The number of rotatable bonds is 10. The van der Waals surface area contributed by atoms with Gasteiger partial charge in [0.15, 0.2) is 5.60 Å². The average molecular weight is 671 g/mol. The van der Waals surface area contributed by atoms with E-state index in [2.05, 4.69) is 112 Å². The summed E-state index contributed by atoms with van der Waals surface area (Å²) in [4.78, 5) is 9.26. The first-order valence-corrected chi connectivity index (χ1v) is 18.5. The van der Waals surface area contributed by atoms with Crippen molar-refractivity contribution in [1.82, 2.24) is 14.5 Å². The maximum absolute atomic E-state index is 12.7. The molecule has 44 heavy (non-hydrogen) atoms. The molecular formula is C37H44BrN3O2Si. The molecule has 0 radical (unpaired) electrons. The van der Waals surface area contributed by atoms with Gasteiger partial charge in [0, 0.05) is 28.7 Å². The number of halogens is 1. The van der Waals surface area contributed by atoms with Gasteiger partial charge in [-0.1, -0.05) is 101 Å². The van der Waals surface area contributed by atoms with Crippen LogP contribution < -0.4 is 4.43 Å². The van der Waals surface area contributed by atoms with Gasteiger partial charge in [0.05, 0.1) is 23.9 Å². The minimum absolute atomic E-state index is 0.473. The van der Waals surface area contributed by atoms with Crippen molar-refractivity contribution in [3.8, 4) is 17.0 Å². The quantitative estimate of drug-likeness (QED) is 0.150. The molecule has 3 aromatic carbocycles. The molecule has 0 fully saturated rings. The molecule has 0 aliphatic rings. The van der Waals surface area contributed by atoms with Crippen LogP contribution in [0.3, 0.4) is 0 Å². The van der Waals surface area contributed by atoms with Crippen LogP contribution in [0.1, 0.15) is 70.9 Å². The van der Waals surface area contributed by atoms with Crippen molar-refractivity contribution in [1.29, 1.82) is 0 Å². The van der Waals surface area contributed by atoms with E-state index in [1.807, 2.05) is 42.1 Å². The molecule has 5 aromatic rings. The first-order chi connectivity index (χ1) is 20.9. The second-order valence-corrected chi connectivity index (χ2v) is 19.0. The molecule has 0 saturated carbocycles. The van der Waals surface area contributed by atoms with Gasteiger partial charge in [-0.05, 0) is 75.5 Å². The summed E-state index contributed by atoms with van der Waals surface area (Å²) in [6.07, 6.45) is 6.18. The molecule has 230 valence electrons. The van der Waals surface area contributed by atoms with Gasteiger partial charge in [-0.2, -0.15) is 0 Å². The lowest BCUT2D eigenvalue weighted by Gasteiger charge is -2.42. The van der Waals surface area contributed by atoms with E-state index in [4.69, 9.17) is 9.41 Å². The molecule has 5 nitrogen and oxygen atoms in total. The lowest BCUT2D eigenvalue weighted by Crippen LogP contribution is -2.50. The highest BCUT2D eigenvalue weighted by Crippen LogP contribution is 2.44. The van der Waals surface area contributed by atoms with Gasteiger partial charge < -0.3 is 14.1 Å². The molecule has 0 bridgehead atoms. The smallest absolute Gasteiger partial charge is 0.258 e. The van der Waals surface area contributed by atoms with Crippen LogP contribution in [0.15, 0.2) is 89.9 Å². The number of fused-ring (bicyclic) bond motifs is 1. The second kappa shape index (κ2) is 12.6. The number of aryl methyl sites for hydroxylation is 2. The van der Waals surface area contributed by atoms with E-state index >= 15 is 0 Å². The van der Waals surface area contributed by atoms with Crippen LogP contribution in [0, 0.1) is 0 Å². The van der Waals surface area contributed by atoms with Gasteiger partial charge in [-0.15, -0.1) is 0 Å². The molecule has 0 saturated heterocycles. The Bertz CT molecular complexity index is 1760. The number of pyridine rings is 1. The number of hydrogen-bond donors (Lipinski definition) is 1. The zero-order chi connectivity index (χ0) is 31.8. The normalized spacial score (nSPS) is 13.7. The summed E-state index contributed by atoms with van der Waals surface area (Å²) < 4.78 is 9.96. The molecule has 0 aliphatic carbocycles. The highest BCUT2D eigenvalue weighted by atomic mass is 79.9. The lowest BCUT2D eigenvalue weighted by atomic mass is 9.81. The Morgan fingerprint density at radius 1 is 0.909 bits per heavy atom. The zero-order valence-corrected chi connectivity index (χ0v) is 29.7. The summed E-state index contributed by atoms with van der Waals surface area (Å²) in [6.45, 7) is 16.0. The van der Waals surface area contributed by atoms with Gasteiger partial charge in [0.2, 0.25) is 0 Å². The summed E-state index contributed by atoms with van der Waals surface area (Å²) in [7, 11) is -0.213. The van der Waals surface area contributed by atoms with Gasteiger partial charge in [0.1, 0.15) is 5.75 Å². The zero-order valence-electron chi connectivity index (χ0n) is 27.1. The molecule has 7 heteroatoms. The van der Waals surface area contributed by atoms with E-state index in [0.29, 0.717) is 22.3 Å². The van der Waals surface area contributed by atoms with Crippen molar-refractivity contribution in [2.45, 2.75) is 77.1 Å². The summed E-state index contributed by atoms with van der Waals surface area (Å²) in [5, 5.41) is 14.8. The Morgan fingerprint density at radius 3 is 2.23 bits per heavy atom. The Morgan fingerprint density at radius 2 is 1.59 bits per heavy atom. The van der Waals surface area contributed by atoms with Crippen LogP contribution in [0.5, 0.6) is 5.75 Å². The minimum atomic E-state index is -2.13. The fraction of sp³-hybridized carbons (Fsp3) is 0.351. The third-order valence-electron chi connectivity index (χ3n) is 9.32. The van der Waals surface area contributed by atoms with Crippen LogP contribution in [0.4, 0.5) is 0 Å². The van der Waals surface area contributed by atoms with Gasteiger partial charge in [0.25, 0.3) is 8.32 Å². The van der Waals surface area contributed by atoms with Crippen molar-refractivity contribution < 1.29 is 9.53 Å². The fourth-order valence-electron chi connectivity index (χ4n) is 7.13. The molecule has 2 aromatic heterocycles. The first kappa shape index (κ1) is 32.1. The van der Waals surface area contributed by atoms with Crippen molar-refractivity contribution in [2.24, 2.45) is 7.05 Å². The number of hydrogen-bond acceptors (Lipinski definition) is 4. The van der Waals surface area contributed by atoms with Crippen molar-refractivity contribution in [3.63, 3.8) is 0 Å². The second-order valence-electron chi connectivity index (χ2n) is 12.8. The molecule has 5 rings (SSSR count). The number of aliphatic hydroxyl groups is 1. The lowest BCUT2D eigenvalue weighted by molar-refractivity contribution is 0.117. The Hall–Kier alpha value is -3.26.